The summed E-state index contributed by atoms with van der Waals surface area (Å²) in [5.41, 5.74) is 1.51. The van der Waals surface area contributed by atoms with Gasteiger partial charge in [-0.3, -0.25) is 9.78 Å². The van der Waals surface area contributed by atoms with Crippen molar-refractivity contribution in [2.24, 2.45) is 0 Å². The first kappa shape index (κ1) is 25.4. The number of carbonyl (C=O) groups is 1. The molecule has 2 heterocycles. The lowest BCUT2D eigenvalue weighted by Crippen LogP contribution is -2.33. The van der Waals surface area contributed by atoms with Gasteiger partial charge >= 0.3 is 12.4 Å². The summed E-state index contributed by atoms with van der Waals surface area (Å²) in [5, 5.41) is 0. The molecule has 0 fully saturated rings. The van der Waals surface area contributed by atoms with Gasteiger partial charge in [0.1, 0.15) is 17.3 Å². The van der Waals surface area contributed by atoms with Crippen LogP contribution in [0.2, 0.25) is 0 Å². The Hall–Kier alpha value is -4.21. The summed E-state index contributed by atoms with van der Waals surface area (Å²) >= 11 is 0. The first-order valence-electron chi connectivity index (χ1n) is 9.60. The zero-order chi connectivity index (χ0) is 25.8. The highest BCUT2D eigenvalue weighted by Gasteiger charge is 2.39. The van der Waals surface area contributed by atoms with Crippen molar-refractivity contribution < 1.29 is 35.5 Å². The van der Waals surface area contributed by atoms with Gasteiger partial charge in [0.05, 0.1) is 42.2 Å². The second kappa shape index (κ2) is 9.96. The van der Waals surface area contributed by atoms with E-state index in [0.29, 0.717) is 0 Å². The predicted molar refractivity (Wildman–Crippen MR) is 110 cm³/mol. The summed E-state index contributed by atoms with van der Waals surface area (Å²) in [6, 6.07) is 4.33. The number of nitrogens with zero attached hydrogens (tertiary/aromatic N) is 4. The van der Waals surface area contributed by atoms with E-state index in [-0.39, 0.29) is 36.0 Å². The molecule has 3 aromatic rings. The molecule has 0 aliphatic heterocycles. The lowest BCUT2D eigenvalue weighted by molar-refractivity contribution is -0.143. The number of rotatable bonds is 4. The maximum absolute atomic E-state index is 13.4. The first-order chi connectivity index (χ1) is 16.3. The number of alkyl halides is 6. The van der Waals surface area contributed by atoms with E-state index in [1.54, 1.807) is 0 Å². The summed E-state index contributed by atoms with van der Waals surface area (Å²) in [6.45, 7) is -0.363. The number of benzene rings is 1. The summed E-state index contributed by atoms with van der Waals surface area (Å²) in [6.07, 6.45) is -8.53. The summed E-state index contributed by atoms with van der Waals surface area (Å²) in [4.78, 5) is 24.8. The van der Waals surface area contributed by atoms with Crippen LogP contribution in [0.25, 0.3) is 0 Å². The van der Waals surface area contributed by atoms with E-state index in [9.17, 15) is 35.5 Å². The second-order valence-corrected chi connectivity index (χ2v) is 6.98. The Labute approximate surface area is 193 Å². The van der Waals surface area contributed by atoms with E-state index in [1.165, 1.54) is 24.5 Å². The predicted octanol–water partition coefficient (Wildman–Crippen LogP) is 4.26. The number of nitrogen functional groups attached to an aromatic ring is 1. The first-order valence-corrected chi connectivity index (χ1v) is 9.60. The van der Waals surface area contributed by atoms with E-state index < -0.39 is 47.3 Å². The number of aromatic nitrogens is 3. The quantitative estimate of drug-likeness (QED) is 0.430. The Bertz CT molecular complexity index is 1260. The fourth-order valence-electron chi connectivity index (χ4n) is 2.83. The zero-order valence-corrected chi connectivity index (χ0v) is 17.5. The number of pyridine rings is 1. The summed E-state index contributed by atoms with van der Waals surface area (Å²) in [7, 11) is 0. The van der Waals surface area contributed by atoms with Gasteiger partial charge < -0.3 is 10.6 Å². The molecule has 2 N–H and O–H groups in total. The molecule has 13 heteroatoms. The summed E-state index contributed by atoms with van der Waals surface area (Å²) < 4.78 is 92.3. The van der Waals surface area contributed by atoms with Crippen molar-refractivity contribution >= 4 is 17.4 Å². The third-order valence-corrected chi connectivity index (χ3v) is 4.49. The van der Waals surface area contributed by atoms with E-state index in [2.05, 4.69) is 26.8 Å². The second-order valence-electron chi connectivity index (χ2n) is 6.98. The molecule has 3 rings (SSSR count). The van der Waals surface area contributed by atoms with Crippen LogP contribution in [-0.2, 0) is 23.6 Å². The van der Waals surface area contributed by atoms with Crippen molar-refractivity contribution in [3.05, 3.63) is 77.3 Å². The molecular weight excluding hydrogens is 483 g/mol. The van der Waals surface area contributed by atoms with Crippen molar-refractivity contribution in [1.82, 2.24) is 15.0 Å². The van der Waals surface area contributed by atoms with Gasteiger partial charge in [0.2, 0.25) is 5.91 Å². The van der Waals surface area contributed by atoms with Crippen molar-refractivity contribution in [3.63, 3.8) is 0 Å². The zero-order valence-electron chi connectivity index (χ0n) is 17.5. The van der Waals surface area contributed by atoms with E-state index >= 15 is 0 Å². The van der Waals surface area contributed by atoms with Crippen LogP contribution in [0.4, 0.5) is 42.2 Å². The van der Waals surface area contributed by atoms with Crippen LogP contribution >= 0.6 is 0 Å². The third kappa shape index (κ3) is 6.66. The molecule has 0 aliphatic rings. The number of amides is 1. The van der Waals surface area contributed by atoms with Crippen LogP contribution in [0.3, 0.4) is 0 Å². The Morgan fingerprint density at radius 2 is 1.63 bits per heavy atom. The Morgan fingerprint density at radius 3 is 2.20 bits per heavy atom. The van der Waals surface area contributed by atoms with Gasteiger partial charge in [0.25, 0.3) is 0 Å². The van der Waals surface area contributed by atoms with Gasteiger partial charge in [0, 0.05) is 11.9 Å². The van der Waals surface area contributed by atoms with Crippen molar-refractivity contribution in [3.8, 4) is 11.8 Å². The van der Waals surface area contributed by atoms with Gasteiger partial charge in [-0.2, -0.15) is 26.3 Å². The highest BCUT2D eigenvalue weighted by molar-refractivity contribution is 5.95. The SMILES string of the molecule is Nc1cnc(C#CCN(C(=O)Cc2ncc(C(F)(F)F)cc2C(F)(F)F)c2ccc(F)cc2)cn1. The molecule has 0 unspecified atom stereocenters. The number of nitrogens with two attached hydrogens (primary N) is 1. The standard InChI is InChI=1S/C22H14F7N5O/c23-14-3-5-16(6-4-14)34(7-1-2-15-11-33-19(30)12-31-15)20(35)9-18-17(22(27,28)29)8-13(10-32-18)21(24,25)26/h3-6,8,10-12H,7,9H2,(H2,30,33). The van der Waals surface area contributed by atoms with Crippen LogP contribution in [0.5, 0.6) is 0 Å². The highest BCUT2D eigenvalue weighted by atomic mass is 19.4. The van der Waals surface area contributed by atoms with Crippen LogP contribution in [0.1, 0.15) is 22.5 Å². The van der Waals surface area contributed by atoms with E-state index in [0.717, 1.165) is 17.0 Å². The fraction of sp³-hybridized carbons (Fsp3) is 0.182. The molecule has 35 heavy (non-hydrogen) atoms. The van der Waals surface area contributed by atoms with Crippen LogP contribution in [-0.4, -0.2) is 27.4 Å². The molecule has 6 nitrogen and oxygen atoms in total. The third-order valence-electron chi connectivity index (χ3n) is 4.49. The van der Waals surface area contributed by atoms with Gasteiger partial charge in [-0.05, 0) is 36.3 Å². The highest BCUT2D eigenvalue weighted by Crippen LogP contribution is 2.36. The number of anilines is 2. The molecule has 2 aromatic heterocycles. The normalized spacial score (nSPS) is 11.5. The maximum Gasteiger partial charge on any atom is 0.418 e. The number of halogens is 7. The molecule has 0 spiro atoms. The Kier molecular flexibility index (Phi) is 7.23. The molecule has 0 aliphatic carbocycles. The number of hydrogen-bond donors (Lipinski definition) is 1. The average molecular weight is 497 g/mol. The Balaban J connectivity index is 1.93. The molecule has 0 saturated carbocycles. The molecule has 1 aromatic carbocycles. The van der Waals surface area contributed by atoms with Crippen LogP contribution in [0.15, 0.2) is 48.9 Å². The van der Waals surface area contributed by atoms with Crippen molar-refractivity contribution in [2.45, 2.75) is 18.8 Å². The fourth-order valence-corrected chi connectivity index (χ4v) is 2.83. The Morgan fingerprint density at radius 1 is 0.943 bits per heavy atom. The van der Waals surface area contributed by atoms with Gasteiger partial charge in [-0.25, -0.2) is 14.4 Å². The smallest absolute Gasteiger partial charge is 0.382 e. The molecule has 0 radical (unpaired) electrons. The van der Waals surface area contributed by atoms with Gasteiger partial charge in [-0.15, -0.1) is 0 Å². The minimum Gasteiger partial charge on any atom is -0.382 e. The van der Waals surface area contributed by atoms with Gasteiger partial charge in [0.15, 0.2) is 0 Å². The maximum atomic E-state index is 13.4. The monoisotopic (exact) mass is 497 g/mol. The molecule has 0 saturated heterocycles. The molecule has 1 amide bonds. The van der Waals surface area contributed by atoms with Crippen molar-refractivity contribution in [2.75, 3.05) is 17.2 Å². The number of carbonyl (C=O) groups excluding carboxylic acids is 1. The molecule has 0 atom stereocenters. The molecule has 0 bridgehead atoms. The molecule has 182 valence electrons. The largest absolute Gasteiger partial charge is 0.418 e. The molecular formula is C22H14F7N5O. The topological polar surface area (TPSA) is 85.0 Å². The van der Waals surface area contributed by atoms with E-state index in [4.69, 9.17) is 5.73 Å². The minimum atomic E-state index is -5.20. The van der Waals surface area contributed by atoms with Crippen molar-refractivity contribution in [1.29, 1.82) is 0 Å². The number of hydrogen-bond acceptors (Lipinski definition) is 5. The lowest BCUT2D eigenvalue weighted by atomic mass is 10.1. The van der Waals surface area contributed by atoms with Gasteiger partial charge in [-0.1, -0.05) is 5.92 Å². The average Bonchev–Trinajstić information content (AvgIpc) is 2.77. The lowest BCUT2D eigenvalue weighted by Gasteiger charge is -2.21. The van der Waals surface area contributed by atoms with Crippen LogP contribution in [0, 0.1) is 17.7 Å². The van der Waals surface area contributed by atoms with E-state index in [1.807, 2.05) is 0 Å². The summed E-state index contributed by atoms with van der Waals surface area (Å²) in [5.74, 6) is 3.74. The van der Waals surface area contributed by atoms with Crippen LogP contribution < -0.4 is 10.6 Å². The minimum absolute atomic E-state index is 0.0922.